The second-order valence-electron chi connectivity index (χ2n) is 16.5. The van der Waals surface area contributed by atoms with Crippen molar-refractivity contribution in [2.45, 2.75) is 38.5 Å². The highest BCUT2D eigenvalue weighted by molar-refractivity contribution is 6.42. The molecule has 8 rings (SSSR count). The SMILES string of the molecule is CN(C)C(=O)C(=O)c1cnc2ccc(C(=O)N3CCC(Cc4ccc(F)cc4)CC3)cn12.CN(C)C(=O)C(=O)c1cnc2ccc(C(=O)O)cn12.Fc1ccc(CC2CCNCC2)cc1. The summed E-state index contributed by atoms with van der Waals surface area (Å²) in [5.41, 5.74) is 3.89. The third-order valence-corrected chi connectivity index (χ3v) is 11.4. The quantitative estimate of drug-likeness (QED) is 0.132. The van der Waals surface area contributed by atoms with E-state index in [4.69, 9.17) is 5.11 Å². The molecule has 2 saturated heterocycles. The Hall–Kier alpha value is -7.14. The van der Waals surface area contributed by atoms with E-state index in [-0.39, 0.29) is 34.5 Å². The number of hydrogen-bond acceptors (Lipinski definition) is 9. The largest absolute Gasteiger partial charge is 0.478 e. The van der Waals surface area contributed by atoms with Gasteiger partial charge in [0.2, 0.25) is 0 Å². The number of fused-ring (bicyclic) bond motifs is 2. The zero-order valence-corrected chi connectivity index (χ0v) is 36.7. The zero-order chi connectivity index (χ0) is 46.8. The van der Waals surface area contributed by atoms with Crippen LogP contribution in [0.25, 0.3) is 11.3 Å². The number of rotatable bonds is 10. The number of carboxylic acid groups (broad SMARTS) is 1. The fourth-order valence-electron chi connectivity index (χ4n) is 7.69. The molecule has 0 atom stereocenters. The van der Waals surface area contributed by atoms with E-state index >= 15 is 0 Å². The minimum atomic E-state index is -1.12. The number of carbonyl (C=O) groups is 6. The molecular formula is C48H52F2N8O7. The lowest BCUT2D eigenvalue weighted by Gasteiger charge is -2.32. The molecule has 4 aromatic heterocycles. The number of hydrogen-bond donors (Lipinski definition) is 2. The molecule has 3 amide bonds. The van der Waals surface area contributed by atoms with Crippen LogP contribution >= 0.6 is 0 Å². The molecule has 0 bridgehead atoms. The first-order chi connectivity index (χ1) is 31.1. The van der Waals surface area contributed by atoms with Crippen LogP contribution in [-0.2, 0) is 22.4 Å². The van der Waals surface area contributed by atoms with E-state index in [2.05, 4.69) is 15.3 Å². The van der Waals surface area contributed by atoms with E-state index in [1.165, 1.54) is 103 Å². The van der Waals surface area contributed by atoms with Crippen molar-refractivity contribution in [1.82, 2.24) is 38.8 Å². The van der Waals surface area contributed by atoms with Crippen molar-refractivity contribution in [3.63, 3.8) is 0 Å². The molecule has 6 heterocycles. The summed E-state index contributed by atoms with van der Waals surface area (Å²) in [6, 6.07) is 19.7. The smallest absolute Gasteiger partial charge is 0.337 e. The fraction of sp³-hybridized carbons (Fsp3) is 0.333. The molecule has 15 nitrogen and oxygen atoms in total. The molecule has 0 aliphatic carbocycles. The maximum atomic E-state index is 13.1. The summed E-state index contributed by atoms with van der Waals surface area (Å²) >= 11 is 0. The minimum absolute atomic E-state index is 0.0110. The summed E-state index contributed by atoms with van der Waals surface area (Å²) in [4.78, 5) is 84.4. The molecule has 2 aromatic carbocycles. The molecular weight excluding hydrogens is 839 g/mol. The highest BCUT2D eigenvalue weighted by atomic mass is 19.1. The lowest BCUT2D eigenvalue weighted by molar-refractivity contribution is -0.124. The molecule has 0 saturated carbocycles. The number of Topliss-reactive ketones (excluding diaryl/α,β-unsaturated/α-hetero) is 2. The van der Waals surface area contributed by atoms with Gasteiger partial charge < -0.3 is 25.1 Å². The lowest BCUT2D eigenvalue weighted by atomic mass is 9.90. The van der Waals surface area contributed by atoms with Gasteiger partial charge in [0.25, 0.3) is 29.3 Å². The highest BCUT2D eigenvalue weighted by Gasteiger charge is 2.27. The number of amides is 3. The van der Waals surface area contributed by atoms with Crippen molar-refractivity contribution in [3.8, 4) is 0 Å². The summed E-state index contributed by atoms with van der Waals surface area (Å²) in [6.45, 7) is 3.53. The van der Waals surface area contributed by atoms with Crippen molar-refractivity contribution in [3.05, 3.63) is 143 Å². The van der Waals surface area contributed by atoms with Crippen LogP contribution in [0.3, 0.4) is 0 Å². The van der Waals surface area contributed by atoms with Gasteiger partial charge in [0.1, 0.15) is 34.3 Å². The number of nitrogens with one attached hydrogen (secondary N) is 1. The first-order valence-corrected chi connectivity index (χ1v) is 21.3. The monoisotopic (exact) mass is 890 g/mol. The second kappa shape index (κ2) is 21.5. The van der Waals surface area contributed by atoms with Crippen LogP contribution in [-0.4, -0.2) is 128 Å². The zero-order valence-electron chi connectivity index (χ0n) is 36.7. The molecule has 17 heteroatoms. The highest BCUT2D eigenvalue weighted by Crippen LogP contribution is 2.24. The second-order valence-corrected chi connectivity index (χ2v) is 16.5. The predicted octanol–water partition coefficient (Wildman–Crippen LogP) is 5.51. The van der Waals surface area contributed by atoms with E-state index in [0.717, 1.165) is 55.2 Å². The van der Waals surface area contributed by atoms with Crippen molar-refractivity contribution >= 4 is 46.6 Å². The third kappa shape index (κ3) is 12.1. The molecule has 2 N–H and O–H groups in total. The maximum absolute atomic E-state index is 13.1. The Morgan fingerprint density at radius 2 is 1.03 bits per heavy atom. The van der Waals surface area contributed by atoms with Crippen LogP contribution in [0.4, 0.5) is 8.78 Å². The van der Waals surface area contributed by atoms with E-state index < -0.39 is 29.4 Å². The number of piperidine rings is 2. The number of benzene rings is 2. The van der Waals surface area contributed by atoms with E-state index in [9.17, 15) is 37.5 Å². The Labute approximate surface area is 374 Å². The van der Waals surface area contributed by atoms with Crippen molar-refractivity contribution in [1.29, 1.82) is 0 Å². The van der Waals surface area contributed by atoms with Gasteiger partial charge in [-0.25, -0.2) is 23.5 Å². The number of nitrogens with zero attached hydrogens (tertiary/aromatic N) is 7. The standard InChI is InChI=1S/C24H25FN4O3.C12H16FN.C12H11N3O4/c1-27(2)24(32)22(30)20-14-26-21-8-5-18(15-29(20)21)23(31)28-11-9-17(10-12-28)13-16-3-6-19(25)7-4-16;13-12-3-1-10(2-4-12)9-11-5-7-14-8-6-11;1-14(2)11(17)10(16)8-5-13-9-4-3-7(12(18)19)6-15(8)9/h3-8,14-15,17H,9-13H2,1-2H3;1-4,11,14H,5-9H2;3-6H,1-2H3,(H,18,19). The molecule has 0 spiro atoms. The van der Waals surface area contributed by atoms with Gasteiger partial charge in [-0.15, -0.1) is 0 Å². The molecule has 2 fully saturated rings. The normalized spacial score (nSPS) is 14.2. The number of likely N-dealkylation sites (tertiary alicyclic amines) is 1. The summed E-state index contributed by atoms with van der Waals surface area (Å²) in [5, 5.41) is 12.3. The summed E-state index contributed by atoms with van der Waals surface area (Å²) in [7, 11) is 5.95. The topological polar surface area (TPSA) is 179 Å². The van der Waals surface area contributed by atoms with E-state index in [1.807, 2.05) is 29.2 Å². The van der Waals surface area contributed by atoms with Crippen LogP contribution < -0.4 is 5.32 Å². The van der Waals surface area contributed by atoms with Gasteiger partial charge in [-0.3, -0.25) is 32.8 Å². The molecule has 0 radical (unpaired) electrons. The maximum Gasteiger partial charge on any atom is 0.337 e. The Balaban J connectivity index is 0.000000179. The average molecular weight is 891 g/mol. The molecule has 2 aliphatic heterocycles. The van der Waals surface area contributed by atoms with Crippen LogP contribution in [0.1, 0.15) is 78.5 Å². The van der Waals surface area contributed by atoms with Crippen molar-refractivity contribution in [2.24, 2.45) is 11.8 Å². The van der Waals surface area contributed by atoms with Crippen LogP contribution in [0, 0.1) is 23.5 Å². The van der Waals surface area contributed by atoms with Gasteiger partial charge in [0, 0.05) is 53.7 Å². The summed E-state index contributed by atoms with van der Waals surface area (Å²) in [5.74, 6) is -3.13. The van der Waals surface area contributed by atoms with E-state index in [0.29, 0.717) is 35.9 Å². The van der Waals surface area contributed by atoms with Gasteiger partial charge in [0.15, 0.2) is 0 Å². The number of imidazole rings is 2. The van der Waals surface area contributed by atoms with Gasteiger partial charge in [-0.2, -0.15) is 0 Å². The number of halogens is 2. The number of aromatic carboxylic acids is 1. The Kier molecular flexibility index (Phi) is 15.7. The minimum Gasteiger partial charge on any atom is -0.478 e. The number of aromatic nitrogens is 4. The first-order valence-electron chi connectivity index (χ1n) is 21.3. The summed E-state index contributed by atoms with van der Waals surface area (Å²) < 4.78 is 28.6. The summed E-state index contributed by atoms with van der Waals surface area (Å²) in [6.07, 6.45) is 11.7. The third-order valence-electron chi connectivity index (χ3n) is 11.4. The van der Waals surface area contributed by atoms with Crippen LogP contribution in [0.15, 0.2) is 97.6 Å². The number of pyridine rings is 2. The predicted molar refractivity (Wildman–Crippen MR) is 238 cm³/mol. The molecule has 0 unspecified atom stereocenters. The van der Waals surface area contributed by atoms with E-state index in [1.54, 1.807) is 30.5 Å². The van der Waals surface area contributed by atoms with Gasteiger partial charge in [0.05, 0.1) is 23.5 Å². The number of carbonyl (C=O) groups excluding carboxylic acids is 5. The Morgan fingerprint density at radius 1 is 0.615 bits per heavy atom. The lowest BCUT2D eigenvalue weighted by Crippen LogP contribution is -2.39. The van der Waals surface area contributed by atoms with Crippen LogP contribution in [0.5, 0.6) is 0 Å². The molecule has 6 aromatic rings. The Bertz CT molecular complexity index is 2660. The van der Waals surface area contributed by atoms with Gasteiger partial charge in [-0.1, -0.05) is 24.3 Å². The molecule has 340 valence electrons. The first kappa shape index (κ1) is 47.3. The van der Waals surface area contributed by atoms with Gasteiger partial charge >= 0.3 is 5.97 Å². The number of likely N-dealkylation sites (N-methyl/N-ethyl adjacent to an activating group) is 2. The molecule has 2 aliphatic rings. The van der Waals surface area contributed by atoms with Gasteiger partial charge in [-0.05, 0) is 123 Å². The van der Waals surface area contributed by atoms with Crippen molar-refractivity contribution in [2.75, 3.05) is 54.4 Å². The number of carboxylic acids is 1. The number of ketones is 2. The molecule has 65 heavy (non-hydrogen) atoms. The Morgan fingerprint density at radius 3 is 1.46 bits per heavy atom. The fourth-order valence-corrected chi connectivity index (χ4v) is 7.69. The van der Waals surface area contributed by atoms with Crippen molar-refractivity contribution < 1.29 is 42.7 Å². The average Bonchev–Trinajstić information content (AvgIpc) is 3.94. The van der Waals surface area contributed by atoms with Crippen LogP contribution in [0.2, 0.25) is 0 Å².